The van der Waals surface area contributed by atoms with Gasteiger partial charge in [0.15, 0.2) is 6.29 Å². The first-order valence-electron chi connectivity index (χ1n) is 8.53. The molecule has 0 bridgehead atoms. The number of benzene rings is 1. The monoisotopic (exact) mass is 447 g/mol. The van der Waals surface area contributed by atoms with E-state index in [-0.39, 0.29) is 6.04 Å². The lowest BCUT2D eigenvalue weighted by atomic mass is 9.96. The molecule has 1 fully saturated rings. The summed E-state index contributed by atoms with van der Waals surface area (Å²) < 4.78 is 17.8. The molecule has 1 aliphatic carbocycles. The Morgan fingerprint density at radius 1 is 1.29 bits per heavy atom. The fraction of sp³-hybridized carbons (Fsp3) is 0.611. The Morgan fingerprint density at radius 2 is 2.00 bits per heavy atom. The third-order valence-electron chi connectivity index (χ3n) is 4.15. The molecule has 0 unspecified atom stereocenters. The van der Waals surface area contributed by atoms with E-state index in [4.69, 9.17) is 14.2 Å². The molecule has 6 heteroatoms. The number of hydrogen-bond donors (Lipinski definition) is 1. The first-order valence-corrected chi connectivity index (χ1v) is 9.61. The van der Waals surface area contributed by atoms with Crippen molar-refractivity contribution in [3.63, 3.8) is 0 Å². The van der Waals surface area contributed by atoms with Gasteiger partial charge in [0.05, 0.1) is 0 Å². The van der Waals surface area contributed by atoms with Crippen LogP contribution < -0.4 is 5.32 Å². The van der Waals surface area contributed by atoms with Gasteiger partial charge in [-0.25, -0.2) is 4.79 Å². The molecule has 0 radical (unpaired) electrons. The summed E-state index contributed by atoms with van der Waals surface area (Å²) in [5.74, 6) is 0. The van der Waals surface area contributed by atoms with Crippen LogP contribution in [0, 0.1) is 3.57 Å². The van der Waals surface area contributed by atoms with Crippen molar-refractivity contribution in [2.45, 2.75) is 64.1 Å². The van der Waals surface area contributed by atoms with Crippen LogP contribution in [0.4, 0.5) is 4.79 Å². The second-order valence-corrected chi connectivity index (χ2v) is 7.11. The molecule has 2 rings (SSSR count). The van der Waals surface area contributed by atoms with Crippen molar-refractivity contribution >= 4 is 28.7 Å². The number of halogens is 1. The number of carbonyl (C=O) groups excluding carboxylic acids is 1. The molecular formula is C18H26INO4. The second-order valence-electron chi connectivity index (χ2n) is 5.95. The van der Waals surface area contributed by atoms with E-state index in [0.29, 0.717) is 6.42 Å². The number of alkyl carbamates (subject to hydrolysis) is 1. The van der Waals surface area contributed by atoms with Crippen molar-refractivity contribution in [1.29, 1.82) is 0 Å². The molecular weight excluding hydrogens is 421 g/mol. The summed E-state index contributed by atoms with van der Waals surface area (Å²) >= 11 is 2.24. The highest BCUT2D eigenvalue weighted by Gasteiger charge is 2.23. The number of methoxy groups -OCH3 is 1. The minimum Gasteiger partial charge on any atom is -0.420 e. The second kappa shape index (κ2) is 10.2. The van der Waals surface area contributed by atoms with E-state index in [1.54, 1.807) is 7.11 Å². The predicted molar refractivity (Wildman–Crippen MR) is 101 cm³/mol. The molecule has 0 aromatic heterocycles. The van der Waals surface area contributed by atoms with Gasteiger partial charge in [-0.2, -0.15) is 0 Å². The van der Waals surface area contributed by atoms with Crippen molar-refractivity contribution < 1.29 is 19.0 Å². The maximum Gasteiger partial charge on any atom is 0.409 e. The molecule has 1 aromatic carbocycles. The molecule has 0 saturated heterocycles. The van der Waals surface area contributed by atoms with Gasteiger partial charge in [-0.05, 0) is 41.5 Å². The molecule has 1 N–H and O–H groups in total. The number of ether oxygens (including phenoxy) is 3. The van der Waals surface area contributed by atoms with Crippen molar-refractivity contribution in [1.82, 2.24) is 5.32 Å². The summed E-state index contributed by atoms with van der Waals surface area (Å²) in [7, 11) is 1.59. The molecule has 1 aliphatic rings. The summed E-state index contributed by atoms with van der Waals surface area (Å²) in [6.45, 7) is 1.92. The number of hydrogen-bond acceptors (Lipinski definition) is 4. The van der Waals surface area contributed by atoms with Gasteiger partial charge in [0.25, 0.3) is 0 Å². The fourth-order valence-electron chi connectivity index (χ4n) is 2.83. The van der Waals surface area contributed by atoms with Crippen LogP contribution in [-0.4, -0.2) is 25.5 Å². The first kappa shape index (κ1) is 19.5. The maximum atomic E-state index is 12.1. The summed E-state index contributed by atoms with van der Waals surface area (Å²) in [6, 6.07) is 8.05. The van der Waals surface area contributed by atoms with E-state index in [1.807, 2.05) is 31.2 Å². The van der Waals surface area contributed by atoms with E-state index in [9.17, 15) is 4.79 Å². The molecule has 0 aliphatic heterocycles. The van der Waals surface area contributed by atoms with E-state index >= 15 is 0 Å². The Bertz CT molecular complexity index is 519. The lowest BCUT2D eigenvalue weighted by molar-refractivity contribution is -0.223. The topological polar surface area (TPSA) is 56.8 Å². The molecule has 0 heterocycles. The highest BCUT2D eigenvalue weighted by Crippen LogP contribution is 2.26. The fourth-order valence-corrected chi connectivity index (χ4v) is 3.48. The lowest BCUT2D eigenvalue weighted by Gasteiger charge is -2.26. The minimum atomic E-state index is -0.644. The van der Waals surface area contributed by atoms with Crippen molar-refractivity contribution in [2.75, 3.05) is 7.11 Å². The Kier molecular flexibility index (Phi) is 8.28. The van der Waals surface area contributed by atoms with Crippen LogP contribution in [0.25, 0.3) is 0 Å². The van der Waals surface area contributed by atoms with Gasteiger partial charge in [0, 0.05) is 28.7 Å². The van der Waals surface area contributed by atoms with Gasteiger partial charge < -0.3 is 19.5 Å². The highest BCUT2D eigenvalue weighted by atomic mass is 127. The van der Waals surface area contributed by atoms with E-state index in [0.717, 1.165) is 34.8 Å². The minimum absolute atomic E-state index is 0.219. The number of amides is 1. The zero-order valence-electron chi connectivity index (χ0n) is 14.3. The van der Waals surface area contributed by atoms with Crippen LogP contribution in [0.1, 0.15) is 57.3 Å². The SMILES string of the molecule is CC[C@H](OC(=O)NC1CCCCC1)O[C@H](OC)c1ccccc1I. The van der Waals surface area contributed by atoms with Crippen molar-refractivity contribution in [3.05, 3.63) is 33.4 Å². The Hall–Kier alpha value is -0.860. The molecule has 5 nitrogen and oxygen atoms in total. The predicted octanol–water partition coefficient (Wildman–Crippen LogP) is 4.75. The summed E-state index contributed by atoms with van der Waals surface area (Å²) in [5.41, 5.74) is 0.926. The zero-order valence-corrected chi connectivity index (χ0v) is 16.5. The summed E-state index contributed by atoms with van der Waals surface area (Å²) in [5, 5.41) is 2.94. The van der Waals surface area contributed by atoms with Gasteiger partial charge >= 0.3 is 6.09 Å². The van der Waals surface area contributed by atoms with E-state index < -0.39 is 18.7 Å². The van der Waals surface area contributed by atoms with Gasteiger partial charge in [-0.3, -0.25) is 0 Å². The number of carbonyl (C=O) groups is 1. The quantitative estimate of drug-likeness (QED) is 0.484. The summed E-state index contributed by atoms with van der Waals surface area (Å²) in [6.07, 6.45) is 4.56. The molecule has 1 saturated carbocycles. The van der Waals surface area contributed by atoms with E-state index in [1.165, 1.54) is 6.42 Å². The first-order chi connectivity index (χ1) is 11.6. The van der Waals surface area contributed by atoms with Crippen molar-refractivity contribution in [3.8, 4) is 0 Å². The van der Waals surface area contributed by atoms with Crippen LogP contribution in [-0.2, 0) is 14.2 Å². The summed E-state index contributed by atoms with van der Waals surface area (Å²) in [4.78, 5) is 12.1. The molecule has 134 valence electrons. The van der Waals surface area contributed by atoms with Gasteiger partial charge in [0.1, 0.15) is 0 Å². The van der Waals surface area contributed by atoms with Gasteiger partial charge in [-0.1, -0.05) is 44.4 Å². The van der Waals surface area contributed by atoms with Crippen LogP contribution in [0.5, 0.6) is 0 Å². The number of nitrogens with one attached hydrogen (secondary N) is 1. The van der Waals surface area contributed by atoms with Crippen LogP contribution in [0.3, 0.4) is 0 Å². The van der Waals surface area contributed by atoms with Gasteiger partial charge in [0.2, 0.25) is 6.29 Å². The molecule has 24 heavy (non-hydrogen) atoms. The Labute approximate surface area is 157 Å². The van der Waals surface area contributed by atoms with Crippen molar-refractivity contribution in [2.24, 2.45) is 0 Å². The average molecular weight is 447 g/mol. The Morgan fingerprint density at radius 3 is 2.62 bits per heavy atom. The third-order valence-corrected chi connectivity index (χ3v) is 5.13. The van der Waals surface area contributed by atoms with Crippen LogP contribution in [0.2, 0.25) is 0 Å². The van der Waals surface area contributed by atoms with Gasteiger partial charge in [-0.15, -0.1) is 0 Å². The standard InChI is InChI=1S/C18H26INO4/c1-3-16(24-18(21)20-13-9-5-4-6-10-13)23-17(22-2)14-11-7-8-12-15(14)19/h7-8,11-13,16-17H,3-6,9-10H2,1-2H3,(H,20,21)/t16-,17-/m0/s1. The molecule has 2 atom stereocenters. The maximum absolute atomic E-state index is 12.1. The number of rotatable bonds is 7. The molecule has 0 spiro atoms. The van der Waals surface area contributed by atoms with Crippen LogP contribution >= 0.6 is 22.6 Å². The average Bonchev–Trinajstić information content (AvgIpc) is 2.60. The molecule has 1 aromatic rings. The van der Waals surface area contributed by atoms with E-state index in [2.05, 4.69) is 27.9 Å². The Balaban J connectivity index is 1.90. The molecule has 1 amide bonds. The normalized spacial score (nSPS) is 18.0. The lowest BCUT2D eigenvalue weighted by Crippen LogP contribution is -2.39. The van der Waals surface area contributed by atoms with Crippen LogP contribution in [0.15, 0.2) is 24.3 Å². The zero-order chi connectivity index (χ0) is 17.4. The smallest absolute Gasteiger partial charge is 0.409 e. The largest absolute Gasteiger partial charge is 0.420 e. The highest BCUT2D eigenvalue weighted by molar-refractivity contribution is 14.1. The third kappa shape index (κ3) is 5.89.